The van der Waals surface area contributed by atoms with E-state index in [4.69, 9.17) is 4.74 Å². The first-order chi connectivity index (χ1) is 16.4. The Balaban J connectivity index is 1.46. The second kappa shape index (κ2) is 10.1. The van der Waals surface area contributed by atoms with Crippen molar-refractivity contribution in [1.82, 2.24) is 0 Å². The van der Waals surface area contributed by atoms with Crippen LogP contribution in [0.1, 0.15) is 46.0 Å². The van der Waals surface area contributed by atoms with Gasteiger partial charge in [-0.2, -0.15) is 0 Å². The number of nitrogens with zero attached hydrogens (tertiary/aromatic N) is 1. The van der Waals surface area contributed by atoms with Gasteiger partial charge in [0.1, 0.15) is 0 Å². The Kier molecular flexibility index (Phi) is 6.98. The van der Waals surface area contributed by atoms with Gasteiger partial charge in [0.05, 0.1) is 17.1 Å². The van der Waals surface area contributed by atoms with Crippen molar-refractivity contribution in [2.75, 3.05) is 22.8 Å². The van der Waals surface area contributed by atoms with Crippen LogP contribution in [0.25, 0.3) is 0 Å². The molecule has 7 nitrogen and oxygen atoms in total. The zero-order valence-corrected chi connectivity index (χ0v) is 19.7. The summed E-state index contributed by atoms with van der Waals surface area (Å²) in [5.74, 6) is -0.544. The lowest BCUT2D eigenvalue weighted by Gasteiger charge is -2.18. The minimum Gasteiger partial charge on any atom is -0.462 e. The highest BCUT2D eigenvalue weighted by molar-refractivity contribution is 7.92. The molecule has 3 aromatic rings. The van der Waals surface area contributed by atoms with E-state index in [1.807, 2.05) is 25.1 Å². The summed E-state index contributed by atoms with van der Waals surface area (Å²) in [5.41, 5.74) is 2.81. The van der Waals surface area contributed by atoms with Gasteiger partial charge in [-0.05, 0) is 73.0 Å². The van der Waals surface area contributed by atoms with Crippen LogP contribution in [-0.4, -0.2) is 33.4 Å². The van der Waals surface area contributed by atoms with Crippen molar-refractivity contribution in [2.24, 2.45) is 0 Å². The predicted octanol–water partition coefficient (Wildman–Crippen LogP) is 4.65. The molecule has 4 rings (SSSR count). The number of sulfonamides is 1. The zero-order chi connectivity index (χ0) is 24.1. The van der Waals surface area contributed by atoms with Crippen LogP contribution < -0.4 is 9.62 Å². The van der Waals surface area contributed by atoms with E-state index in [0.29, 0.717) is 36.4 Å². The summed E-state index contributed by atoms with van der Waals surface area (Å²) in [6.45, 7) is 2.86. The van der Waals surface area contributed by atoms with Gasteiger partial charge in [-0.15, -0.1) is 0 Å². The summed E-state index contributed by atoms with van der Waals surface area (Å²) < 4.78 is 33.6. The topological polar surface area (TPSA) is 92.8 Å². The largest absolute Gasteiger partial charge is 0.462 e. The van der Waals surface area contributed by atoms with Crippen molar-refractivity contribution >= 4 is 33.3 Å². The number of nitrogens with one attached hydrogen (secondary N) is 1. The Morgan fingerprint density at radius 3 is 2.41 bits per heavy atom. The average molecular weight is 479 g/mol. The normalized spacial score (nSPS) is 12.8. The van der Waals surface area contributed by atoms with Gasteiger partial charge in [0.25, 0.3) is 15.9 Å². The number of carbonyl (C=O) groups excluding carboxylic acids is 2. The van der Waals surface area contributed by atoms with Gasteiger partial charge in [-0.25, -0.2) is 13.2 Å². The predicted molar refractivity (Wildman–Crippen MR) is 131 cm³/mol. The fourth-order valence-corrected chi connectivity index (χ4v) is 4.88. The lowest BCUT2D eigenvalue weighted by molar-refractivity contribution is 0.0499. The van der Waals surface area contributed by atoms with Gasteiger partial charge < -0.3 is 9.64 Å². The fraction of sp³-hybridized carbons (Fsp3) is 0.231. The number of benzene rings is 3. The maximum Gasteiger partial charge on any atom is 0.338 e. The Morgan fingerprint density at radius 1 is 0.971 bits per heavy atom. The number of carbonyl (C=O) groups is 2. The first-order valence-electron chi connectivity index (χ1n) is 11.2. The number of unbranched alkanes of at least 4 members (excludes halogenated alkanes) is 1. The van der Waals surface area contributed by atoms with E-state index < -0.39 is 16.0 Å². The van der Waals surface area contributed by atoms with Crippen LogP contribution in [0, 0.1) is 0 Å². The van der Waals surface area contributed by atoms with Crippen LogP contribution in [0.4, 0.5) is 11.4 Å². The van der Waals surface area contributed by atoms with Crippen molar-refractivity contribution in [3.8, 4) is 0 Å². The van der Waals surface area contributed by atoms with Crippen LogP contribution in [0.15, 0.2) is 77.7 Å². The van der Waals surface area contributed by atoms with E-state index in [0.717, 1.165) is 24.1 Å². The molecule has 1 heterocycles. The van der Waals surface area contributed by atoms with Crippen LogP contribution in [0.3, 0.4) is 0 Å². The Hall–Kier alpha value is -3.65. The molecule has 0 saturated carbocycles. The maximum absolute atomic E-state index is 12.9. The second-order valence-electron chi connectivity index (χ2n) is 8.04. The number of hydrogen-bond acceptors (Lipinski definition) is 5. The summed E-state index contributed by atoms with van der Waals surface area (Å²) in [7, 11) is -3.85. The molecule has 1 N–H and O–H groups in total. The third-order valence-corrected chi connectivity index (χ3v) is 7.01. The third-order valence-electron chi connectivity index (χ3n) is 5.63. The highest BCUT2D eigenvalue weighted by Crippen LogP contribution is 2.32. The number of fused-ring (bicyclic) bond motifs is 1. The number of rotatable bonds is 8. The van der Waals surface area contributed by atoms with Crippen LogP contribution >= 0.6 is 0 Å². The van der Waals surface area contributed by atoms with Gasteiger partial charge in [0, 0.05) is 23.5 Å². The monoisotopic (exact) mass is 478 g/mol. The van der Waals surface area contributed by atoms with E-state index in [2.05, 4.69) is 4.72 Å². The van der Waals surface area contributed by atoms with Crippen LogP contribution in [0.5, 0.6) is 0 Å². The van der Waals surface area contributed by atoms with Gasteiger partial charge in [0.2, 0.25) is 0 Å². The molecule has 176 valence electrons. The van der Waals surface area contributed by atoms with Gasteiger partial charge >= 0.3 is 5.97 Å². The van der Waals surface area contributed by atoms with Crippen LogP contribution in [-0.2, 0) is 21.2 Å². The molecule has 0 aliphatic carbocycles. The molecule has 0 spiro atoms. The number of ether oxygens (including phenoxy) is 1. The van der Waals surface area contributed by atoms with E-state index >= 15 is 0 Å². The van der Waals surface area contributed by atoms with E-state index in [1.165, 1.54) is 30.3 Å². The van der Waals surface area contributed by atoms with Gasteiger partial charge in [-0.3, -0.25) is 9.52 Å². The molecule has 0 fully saturated rings. The third kappa shape index (κ3) is 5.12. The van der Waals surface area contributed by atoms with Crippen molar-refractivity contribution in [3.63, 3.8) is 0 Å². The smallest absolute Gasteiger partial charge is 0.338 e. The van der Waals surface area contributed by atoms with Crippen molar-refractivity contribution in [2.45, 2.75) is 31.1 Å². The first-order valence-corrected chi connectivity index (χ1v) is 12.7. The fourth-order valence-electron chi connectivity index (χ4n) is 3.77. The standard InChI is InChI=1S/C26H26N2O5S/c1-2-3-17-33-26(30)20-9-11-22(12-10-20)27-34(31,32)23-13-14-24-21(18-23)15-16-28(24)25(29)19-7-5-4-6-8-19/h4-14,18,27H,2-3,15-17H2,1H3. The van der Waals surface area contributed by atoms with E-state index in [1.54, 1.807) is 29.2 Å². The summed E-state index contributed by atoms with van der Waals surface area (Å²) in [5, 5.41) is 0. The molecular formula is C26H26N2O5S. The molecule has 34 heavy (non-hydrogen) atoms. The maximum atomic E-state index is 12.9. The highest BCUT2D eigenvalue weighted by atomic mass is 32.2. The Bertz CT molecular complexity index is 1290. The summed E-state index contributed by atoms with van der Waals surface area (Å²) in [6, 6.07) is 19.9. The molecule has 8 heteroatoms. The minimum atomic E-state index is -3.85. The number of hydrogen-bond donors (Lipinski definition) is 1. The van der Waals surface area contributed by atoms with Gasteiger partial charge in [-0.1, -0.05) is 31.5 Å². The van der Waals surface area contributed by atoms with Crippen molar-refractivity contribution in [3.05, 3.63) is 89.5 Å². The quantitative estimate of drug-likeness (QED) is 0.376. The highest BCUT2D eigenvalue weighted by Gasteiger charge is 2.27. The van der Waals surface area contributed by atoms with Crippen molar-refractivity contribution < 1.29 is 22.7 Å². The molecule has 3 aromatic carbocycles. The molecule has 0 unspecified atom stereocenters. The number of amides is 1. The summed E-state index contributed by atoms with van der Waals surface area (Å²) >= 11 is 0. The SMILES string of the molecule is CCCCOC(=O)c1ccc(NS(=O)(=O)c2ccc3c(c2)CCN3C(=O)c2ccccc2)cc1. The lowest BCUT2D eigenvalue weighted by atomic mass is 10.1. The van der Waals surface area contributed by atoms with E-state index in [-0.39, 0.29) is 10.8 Å². The molecule has 0 atom stereocenters. The summed E-state index contributed by atoms with van der Waals surface area (Å²) in [6.07, 6.45) is 2.30. The molecule has 1 amide bonds. The minimum absolute atomic E-state index is 0.110. The zero-order valence-electron chi connectivity index (χ0n) is 18.9. The molecule has 0 saturated heterocycles. The molecule has 1 aliphatic rings. The second-order valence-corrected chi connectivity index (χ2v) is 9.72. The van der Waals surface area contributed by atoms with Gasteiger partial charge in [0.15, 0.2) is 0 Å². The Morgan fingerprint density at radius 2 is 1.71 bits per heavy atom. The Labute approximate surface area is 199 Å². The molecular weight excluding hydrogens is 452 g/mol. The molecule has 1 aliphatic heterocycles. The first kappa shape index (κ1) is 23.5. The number of anilines is 2. The summed E-state index contributed by atoms with van der Waals surface area (Å²) in [4.78, 5) is 26.7. The lowest BCUT2D eigenvalue weighted by Crippen LogP contribution is -2.28. The molecule has 0 aromatic heterocycles. The van der Waals surface area contributed by atoms with E-state index in [9.17, 15) is 18.0 Å². The van der Waals surface area contributed by atoms with Crippen molar-refractivity contribution in [1.29, 1.82) is 0 Å². The van der Waals surface area contributed by atoms with Crippen LogP contribution in [0.2, 0.25) is 0 Å². The molecule has 0 bridgehead atoms. The molecule has 0 radical (unpaired) electrons. The number of esters is 1. The average Bonchev–Trinajstić information content (AvgIpc) is 3.28.